The minimum Gasteiger partial charge on any atom is -0.398 e. The Balaban J connectivity index is 2.17. The van der Waals surface area contributed by atoms with E-state index in [-0.39, 0.29) is 11.7 Å². The average Bonchev–Trinajstić information content (AvgIpc) is 2.45. The third-order valence-electron chi connectivity index (χ3n) is 2.69. The molecule has 1 amide bonds. The first-order chi connectivity index (χ1) is 10.5. The van der Waals surface area contributed by atoms with Gasteiger partial charge in [-0.25, -0.2) is 4.39 Å². The summed E-state index contributed by atoms with van der Waals surface area (Å²) in [6.07, 6.45) is 0. The second-order valence-corrected chi connectivity index (χ2v) is 5.36. The molecule has 7 heteroatoms. The number of rotatable bonds is 4. The summed E-state index contributed by atoms with van der Waals surface area (Å²) >= 11 is 1.25. The fourth-order valence-electron chi connectivity index (χ4n) is 1.72. The Bertz CT molecular complexity index is 733. The van der Waals surface area contributed by atoms with Crippen LogP contribution in [0.1, 0.15) is 12.5 Å². The molecule has 0 saturated heterocycles. The number of hydrogen-bond donors (Lipinski definition) is 3. The number of nitrogens with zero attached hydrogens (tertiary/aromatic N) is 1. The van der Waals surface area contributed by atoms with E-state index in [1.165, 1.54) is 31.0 Å². The van der Waals surface area contributed by atoms with Crippen LogP contribution >= 0.6 is 11.9 Å². The maximum atomic E-state index is 13.1. The molecule has 0 spiro atoms. The number of aliphatic imine (C=N–C) groups is 1. The number of nitrogen functional groups attached to an aromatic ring is 1. The van der Waals surface area contributed by atoms with Gasteiger partial charge in [-0.3, -0.25) is 4.79 Å². The van der Waals surface area contributed by atoms with Gasteiger partial charge in [0.2, 0.25) is 5.91 Å². The summed E-state index contributed by atoms with van der Waals surface area (Å²) in [6, 6.07) is 11.3. The number of amidine groups is 1. The first-order valence-corrected chi connectivity index (χ1v) is 7.20. The highest BCUT2D eigenvalue weighted by Gasteiger charge is 2.07. The van der Waals surface area contributed by atoms with Gasteiger partial charge in [-0.05, 0) is 48.3 Å². The fourth-order valence-corrected chi connectivity index (χ4v) is 2.40. The molecule has 0 aromatic heterocycles. The van der Waals surface area contributed by atoms with Crippen molar-refractivity contribution in [3.05, 3.63) is 53.8 Å². The normalized spacial score (nSPS) is 11.3. The standard InChI is InChI=1S/C15H15FN4OS/c1-9(21)19-15(18)13-8-11(5-6-14(13)17)20-22-12-4-2-3-10(16)7-12/h2-8,20H,17H2,1H3,(H2,18,19,21). The molecule has 0 fully saturated rings. The number of nitrogens with one attached hydrogen (secondary N) is 1. The molecule has 0 unspecified atom stereocenters. The maximum Gasteiger partial charge on any atom is 0.244 e. The quantitative estimate of drug-likeness (QED) is 0.349. The van der Waals surface area contributed by atoms with Crippen molar-refractivity contribution in [2.24, 2.45) is 10.7 Å². The molecule has 0 bridgehead atoms. The highest BCUT2D eigenvalue weighted by molar-refractivity contribution is 8.00. The molecule has 0 radical (unpaired) electrons. The van der Waals surface area contributed by atoms with Crippen molar-refractivity contribution in [3.8, 4) is 0 Å². The van der Waals surface area contributed by atoms with Crippen molar-refractivity contribution in [2.45, 2.75) is 11.8 Å². The lowest BCUT2D eigenvalue weighted by atomic mass is 10.1. The van der Waals surface area contributed by atoms with Gasteiger partial charge < -0.3 is 16.2 Å². The molecule has 0 aliphatic heterocycles. The summed E-state index contributed by atoms with van der Waals surface area (Å²) in [5.74, 6) is -0.642. The van der Waals surface area contributed by atoms with Gasteiger partial charge in [0.15, 0.2) is 0 Å². The highest BCUT2D eigenvalue weighted by Crippen LogP contribution is 2.24. The van der Waals surface area contributed by atoms with Crippen molar-refractivity contribution in [2.75, 3.05) is 10.5 Å². The summed E-state index contributed by atoms with van der Waals surface area (Å²) in [7, 11) is 0. The molecule has 5 N–H and O–H groups in total. The number of halogens is 1. The lowest BCUT2D eigenvalue weighted by Gasteiger charge is -2.10. The van der Waals surface area contributed by atoms with Crippen LogP contribution in [-0.4, -0.2) is 11.7 Å². The molecular weight excluding hydrogens is 303 g/mol. The van der Waals surface area contributed by atoms with E-state index in [4.69, 9.17) is 11.5 Å². The number of hydrogen-bond acceptors (Lipinski definition) is 4. The second-order valence-electron chi connectivity index (χ2n) is 4.48. The van der Waals surface area contributed by atoms with Crippen molar-refractivity contribution >= 4 is 35.1 Å². The SMILES string of the molecule is CC(=O)N=C(N)c1cc(NSc2cccc(F)c2)ccc1N. The van der Waals surface area contributed by atoms with Gasteiger partial charge in [0.05, 0.1) is 0 Å². The number of carbonyl (C=O) groups is 1. The zero-order valence-electron chi connectivity index (χ0n) is 11.8. The second kappa shape index (κ2) is 6.95. The molecule has 2 rings (SSSR count). The Morgan fingerprint density at radius 1 is 1.27 bits per heavy atom. The average molecular weight is 318 g/mol. The molecule has 0 saturated carbocycles. The predicted octanol–water partition coefficient (Wildman–Crippen LogP) is 2.78. The van der Waals surface area contributed by atoms with Crippen LogP contribution in [-0.2, 0) is 4.79 Å². The van der Waals surface area contributed by atoms with Crippen molar-refractivity contribution in [1.29, 1.82) is 0 Å². The minimum atomic E-state index is -0.399. The van der Waals surface area contributed by atoms with Crippen LogP contribution in [0.15, 0.2) is 52.4 Å². The largest absolute Gasteiger partial charge is 0.398 e. The Hall–Kier alpha value is -2.54. The summed E-state index contributed by atoms with van der Waals surface area (Å²) in [6.45, 7) is 1.31. The van der Waals surface area contributed by atoms with Gasteiger partial charge in [-0.1, -0.05) is 6.07 Å². The minimum absolute atomic E-state index is 0.0596. The van der Waals surface area contributed by atoms with Crippen LogP contribution in [0.4, 0.5) is 15.8 Å². The molecule has 0 atom stereocenters. The van der Waals surface area contributed by atoms with Gasteiger partial charge >= 0.3 is 0 Å². The lowest BCUT2D eigenvalue weighted by Crippen LogP contribution is -2.17. The van der Waals surface area contributed by atoms with Crippen molar-refractivity contribution < 1.29 is 9.18 Å². The van der Waals surface area contributed by atoms with Gasteiger partial charge in [0, 0.05) is 28.8 Å². The number of benzene rings is 2. The van der Waals surface area contributed by atoms with E-state index in [1.807, 2.05) is 0 Å². The molecule has 0 aliphatic carbocycles. The number of carbonyl (C=O) groups excluding carboxylic acids is 1. The summed E-state index contributed by atoms with van der Waals surface area (Å²) in [5, 5.41) is 0. The molecular formula is C15H15FN4OS. The monoisotopic (exact) mass is 318 g/mol. The topological polar surface area (TPSA) is 93.5 Å². The van der Waals surface area contributed by atoms with Gasteiger partial charge in [0.1, 0.15) is 11.7 Å². The Morgan fingerprint density at radius 3 is 2.73 bits per heavy atom. The van der Waals surface area contributed by atoms with E-state index < -0.39 is 5.91 Å². The van der Waals surface area contributed by atoms with Crippen molar-refractivity contribution in [3.63, 3.8) is 0 Å². The molecule has 2 aromatic carbocycles. The van der Waals surface area contributed by atoms with E-state index in [0.29, 0.717) is 16.9 Å². The Morgan fingerprint density at radius 2 is 2.05 bits per heavy atom. The smallest absolute Gasteiger partial charge is 0.244 e. The summed E-state index contributed by atoms with van der Waals surface area (Å²) < 4.78 is 16.2. The van der Waals surface area contributed by atoms with Crippen LogP contribution in [0, 0.1) is 5.82 Å². The van der Waals surface area contributed by atoms with E-state index in [1.54, 1.807) is 30.3 Å². The van der Waals surface area contributed by atoms with Crippen LogP contribution in [0.25, 0.3) is 0 Å². The third-order valence-corrected chi connectivity index (χ3v) is 3.52. The Labute approximate surface area is 131 Å². The first kappa shape index (κ1) is 15.8. The van der Waals surface area contributed by atoms with E-state index in [9.17, 15) is 9.18 Å². The zero-order chi connectivity index (χ0) is 16.1. The van der Waals surface area contributed by atoms with Gasteiger partial charge in [-0.2, -0.15) is 4.99 Å². The fraction of sp³-hybridized carbons (Fsp3) is 0.0667. The number of amides is 1. The van der Waals surface area contributed by atoms with E-state index >= 15 is 0 Å². The van der Waals surface area contributed by atoms with E-state index in [0.717, 1.165) is 4.90 Å². The molecule has 22 heavy (non-hydrogen) atoms. The van der Waals surface area contributed by atoms with Crippen LogP contribution in [0.2, 0.25) is 0 Å². The van der Waals surface area contributed by atoms with E-state index in [2.05, 4.69) is 9.71 Å². The number of nitrogens with two attached hydrogens (primary N) is 2. The molecule has 0 aliphatic rings. The summed E-state index contributed by atoms with van der Waals surface area (Å²) in [5.41, 5.74) is 13.2. The molecule has 2 aromatic rings. The molecule has 5 nitrogen and oxygen atoms in total. The van der Waals surface area contributed by atoms with Gasteiger partial charge in [-0.15, -0.1) is 0 Å². The van der Waals surface area contributed by atoms with Crippen LogP contribution in [0.3, 0.4) is 0 Å². The number of anilines is 2. The first-order valence-electron chi connectivity index (χ1n) is 6.39. The lowest BCUT2D eigenvalue weighted by molar-refractivity contribution is -0.115. The van der Waals surface area contributed by atoms with Crippen LogP contribution in [0.5, 0.6) is 0 Å². The third kappa shape index (κ3) is 4.23. The maximum absolute atomic E-state index is 13.1. The highest BCUT2D eigenvalue weighted by atomic mass is 32.2. The summed E-state index contributed by atoms with van der Waals surface area (Å²) in [4.78, 5) is 15.4. The zero-order valence-corrected chi connectivity index (χ0v) is 12.7. The predicted molar refractivity (Wildman–Crippen MR) is 88.1 cm³/mol. The Kier molecular flexibility index (Phi) is 5.00. The van der Waals surface area contributed by atoms with Gasteiger partial charge in [0.25, 0.3) is 0 Å². The van der Waals surface area contributed by atoms with Crippen LogP contribution < -0.4 is 16.2 Å². The molecule has 0 heterocycles. The van der Waals surface area contributed by atoms with Crippen molar-refractivity contribution in [1.82, 2.24) is 0 Å². The molecule has 114 valence electrons.